The minimum absolute atomic E-state index is 0.0219. The summed E-state index contributed by atoms with van der Waals surface area (Å²) in [7, 11) is 0. The van der Waals surface area contributed by atoms with E-state index in [-0.39, 0.29) is 23.8 Å². The molecule has 0 heterocycles. The van der Waals surface area contributed by atoms with Crippen molar-refractivity contribution >= 4 is 11.9 Å². The van der Waals surface area contributed by atoms with Gasteiger partial charge in [-0.15, -0.1) is 0 Å². The maximum atomic E-state index is 12.6. The summed E-state index contributed by atoms with van der Waals surface area (Å²) in [6, 6.07) is 0. The average Bonchev–Trinajstić information content (AvgIpc) is 3.34. The highest BCUT2D eigenvalue weighted by molar-refractivity contribution is 6.03. The van der Waals surface area contributed by atoms with Crippen LogP contribution < -0.4 is 0 Å². The van der Waals surface area contributed by atoms with E-state index in [0.29, 0.717) is 24.4 Å². The molecule has 164 valence electrons. The molecule has 2 aliphatic rings. The van der Waals surface area contributed by atoms with Crippen molar-refractivity contribution in [2.45, 2.75) is 97.3 Å². The Balaban J connectivity index is 1.75. The molecule has 2 unspecified atom stereocenters. The Morgan fingerprint density at radius 3 is 1.48 bits per heavy atom. The molecule has 4 heteroatoms. The Bertz CT molecular complexity index is 527. The van der Waals surface area contributed by atoms with Crippen molar-refractivity contribution in [3.63, 3.8) is 0 Å². The van der Waals surface area contributed by atoms with Gasteiger partial charge >= 0.3 is 11.9 Å². The highest BCUT2D eigenvalue weighted by Crippen LogP contribution is 2.44. The van der Waals surface area contributed by atoms with Crippen molar-refractivity contribution in [2.75, 3.05) is 13.2 Å². The molecule has 4 nitrogen and oxygen atoms in total. The van der Waals surface area contributed by atoms with E-state index in [1.165, 1.54) is 51.4 Å². The van der Waals surface area contributed by atoms with Gasteiger partial charge in [-0.25, -0.2) is 9.59 Å². The van der Waals surface area contributed by atoms with Crippen LogP contribution in [0.2, 0.25) is 0 Å². The molecule has 0 amide bonds. The van der Waals surface area contributed by atoms with Gasteiger partial charge in [-0.2, -0.15) is 0 Å². The lowest BCUT2D eigenvalue weighted by Crippen LogP contribution is -2.20. The Hall–Kier alpha value is -1.58. The number of unbranched alkanes of at least 4 members (excludes halogenated alkanes) is 10. The summed E-state index contributed by atoms with van der Waals surface area (Å²) in [5.74, 6) is -0.592. The molecule has 0 saturated heterocycles. The maximum absolute atomic E-state index is 12.6. The van der Waals surface area contributed by atoms with Crippen LogP contribution in [0.1, 0.15) is 97.3 Å². The molecule has 0 fully saturated rings. The summed E-state index contributed by atoms with van der Waals surface area (Å²) in [6.45, 7) is 5.29. The Morgan fingerprint density at radius 1 is 0.690 bits per heavy atom. The molecule has 0 N–H and O–H groups in total. The van der Waals surface area contributed by atoms with Gasteiger partial charge in [-0.05, 0) is 19.3 Å². The van der Waals surface area contributed by atoms with E-state index in [0.717, 1.165) is 32.1 Å². The lowest BCUT2D eigenvalue weighted by molar-refractivity contribution is -0.142. The zero-order chi connectivity index (χ0) is 20.9. The lowest BCUT2D eigenvalue weighted by atomic mass is 9.97. The highest BCUT2D eigenvalue weighted by atomic mass is 16.5. The van der Waals surface area contributed by atoms with Crippen molar-refractivity contribution in [1.82, 2.24) is 0 Å². The maximum Gasteiger partial charge on any atom is 0.335 e. The fourth-order valence-corrected chi connectivity index (χ4v) is 4.30. The van der Waals surface area contributed by atoms with Crippen molar-refractivity contribution in [3.8, 4) is 0 Å². The van der Waals surface area contributed by atoms with E-state index < -0.39 is 0 Å². The fraction of sp³-hybridized carbons (Fsp3) is 0.760. The number of hydrogen-bond donors (Lipinski definition) is 0. The van der Waals surface area contributed by atoms with Gasteiger partial charge in [-0.3, -0.25) is 0 Å². The Morgan fingerprint density at radius 2 is 1.07 bits per heavy atom. The smallest absolute Gasteiger partial charge is 0.335 e. The van der Waals surface area contributed by atoms with Crippen LogP contribution in [0.25, 0.3) is 0 Å². The molecule has 0 spiro atoms. The van der Waals surface area contributed by atoms with E-state index >= 15 is 0 Å². The summed E-state index contributed by atoms with van der Waals surface area (Å²) < 4.78 is 11.0. The van der Waals surface area contributed by atoms with Crippen molar-refractivity contribution in [2.24, 2.45) is 11.8 Å². The van der Waals surface area contributed by atoms with Gasteiger partial charge in [0.15, 0.2) is 0 Å². The first-order valence-electron chi connectivity index (χ1n) is 12.0. The lowest BCUT2D eigenvalue weighted by Gasteiger charge is -2.15. The van der Waals surface area contributed by atoms with E-state index in [2.05, 4.69) is 13.8 Å². The van der Waals surface area contributed by atoms with Gasteiger partial charge in [0.25, 0.3) is 0 Å². The molecule has 2 atom stereocenters. The van der Waals surface area contributed by atoms with E-state index in [9.17, 15) is 9.59 Å². The van der Waals surface area contributed by atoms with Crippen LogP contribution >= 0.6 is 0 Å². The summed E-state index contributed by atoms with van der Waals surface area (Å²) in [4.78, 5) is 25.3. The molecular weight excluding hydrogens is 364 g/mol. The van der Waals surface area contributed by atoms with Gasteiger partial charge in [0.2, 0.25) is 0 Å². The molecule has 29 heavy (non-hydrogen) atoms. The molecule has 2 aliphatic carbocycles. The number of esters is 2. The molecule has 2 rings (SSSR count). The van der Waals surface area contributed by atoms with E-state index in [4.69, 9.17) is 9.47 Å². The van der Waals surface area contributed by atoms with Gasteiger partial charge < -0.3 is 9.47 Å². The molecule has 0 aromatic heterocycles. The van der Waals surface area contributed by atoms with Crippen LogP contribution in [0, 0.1) is 11.8 Å². The molecule has 0 saturated carbocycles. The Labute approximate surface area is 177 Å². The number of carbonyl (C=O) groups excluding carboxylic acids is 2. The summed E-state index contributed by atoms with van der Waals surface area (Å²) in [5, 5.41) is 0. The zero-order valence-corrected chi connectivity index (χ0v) is 18.5. The van der Waals surface area contributed by atoms with Crippen LogP contribution in [-0.4, -0.2) is 25.2 Å². The topological polar surface area (TPSA) is 52.6 Å². The standard InChI is InChI=1S/C25H40O4/c1-3-5-7-9-11-13-17-28-24(26)22-20-15-16-21(19-20)23(22)25(27)29-18-14-12-10-8-6-4-2/h15-16,20-21H,3-14,17-19H2,1-2H3. The van der Waals surface area contributed by atoms with Crippen LogP contribution in [0.3, 0.4) is 0 Å². The number of allylic oxidation sites excluding steroid dienone is 2. The summed E-state index contributed by atoms with van der Waals surface area (Å²) in [5.41, 5.74) is 1.10. The zero-order valence-electron chi connectivity index (χ0n) is 18.5. The molecule has 0 aromatic rings. The first-order chi connectivity index (χ1) is 14.2. The van der Waals surface area contributed by atoms with Crippen LogP contribution in [-0.2, 0) is 19.1 Å². The van der Waals surface area contributed by atoms with E-state index in [1.54, 1.807) is 0 Å². The minimum atomic E-state index is -0.318. The van der Waals surface area contributed by atoms with Gasteiger partial charge in [0.1, 0.15) is 0 Å². The summed E-state index contributed by atoms with van der Waals surface area (Å²) >= 11 is 0. The Kier molecular flexibility index (Phi) is 11.1. The second-order valence-electron chi connectivity index (χ2n) is 8.47. The second-order valence-corrected chi connectivity index (χ2v) is 8.47. The van der Waals surface area contributed by atoms with Crippen LogP contribution in [0.4, 0.5) is 0 Å². The third kappa shape index (κ3) is 7.64. The number of fused-ring (bicyclic) bond motifs is 2. The SMILES string of the molecule is CCCCCCCCOC(=O)C1=C(C(=O)OCCCCCCCC)C2C=CC1C2. The van der Waals surface area contributed by atoms with Crippen molar-refractivity contribution in [3.05, 3.63) is 23.3 Å². The molecule has 0 aromatic carbocycles. The van der Waals surface area contributed by atoms with Gasteiger partial charge in [0.05, 0.1) is 24.4 Å². The molecule has 2 bridgehead atoms. The highest BCUT2D eigenvalue weighted by Gasteiger charge is 2.43. The third-order valence-corrected chi connectivity index (χ3v) is 6.02. The number of carbonyl (C=O) groups is 2. The predicted octanol–water partition coefficient (Wildman–Crippen LogP) is 6.30. The number of rotatable bonds is 16. The number of ether oxygens (including phenoxy) is 2. The molecule has 0 aliphatic heterocycles. The molecular formula is C25H40O4. The molecule has 0 radical (unpaired) electrons. The third-order valence-electron chi connectivity index (χ3n) is 6.02. The van der Waals surface area contributed by atoms with E-state index in [1.807, 2.05) is 12.2 Å². The van der Waals surface area contributed by atoms with Crippen molar-refractivity contribution in [1.29, 1.82) is 0 Å². The fourth-order valence-electron chi connectivity index (χ4n) is 4.30. The van der Waals surface area contributed by atoms with Crippen molar-refractivity contribution < 1.29 is 19.1 Å². The van der Waals surface area contributed by atoms with Crippen LogP contribution in [0.5, 0.6) is 0 Å². The first-order valence-corrected chi connectivity index (χ1v) is 12.0. The first kappa shape index (κ1) is 23.7. The normalized spacial score (nSPS) is 19.8. The quantitative estimate of drug-likeness (QED) is 0.172. The largest absolute Gasteiger partial charge is 0.462 e. The van der Waals surface area contributed by atoms with Gasteiger partial charge in [-0.1, -0.05) is 90.2 Å². The monoisotopic (exact) mass is 404 g/mol. The van der Waals surface area contributed by atoms with Crippen LogP contribution in [0.15, 0.2) is 23.3 Å². The minimum Gasteiger partial charge on any atom is -0.462 e. The van der Waals surface area contributed by atoms with Gasteiger partial charge in [0, 0.05) is 11.8 Å². The second kappa shape index (κ2) is 13.6. The predicted molar refractivity (Wildman–Crippen MR) is 116 cm³/mol. The summed E-state index contributed by atoms with van der Waals surface area (Å²) in [6.07, 6.45) is 18.7. The number of hydrogen-bond acceptors (Lipinski definition) is 4. The average molecular weight is 405 g/mol.